The molecule has 0 saturated carbocycles. The first-order valence-corrected chi connectivity index (χ1v) is 11.4. The maximum absolute atomic E-state index is 13.1. The molecular weight excluding hydrogens is 420 g/mol. The molecule has 156 valence electrons. The highest BCUT2D eigenvalue weighted by atomic mass is 35.5. The van der Waals surface area contributed by atoms with Gasteiger partial charge in [0, 0.05) is 5.02 Å². The molecule has 0 spiro atoms. The van der Waals surface area contributed by atoms with Gasteiger partial charge in [-0.05, 0) is 54.8 Å². The third kappa shape index (κ3) is 5.01. The second kappa shape index (κ2) is 9.32. The first-order chi connectivity index (χ1) is 14.3. The van der Waals surface area contributed by atoms with Crippen molar-refractivity contribution in [3.8, 4) is 0 Å². The van der Waals surface area contributed by atoms with Crippen LogP contribution in [0.5, 0.6) is 0 Å². The van der Waals surface area contributed by atoms with E-state index < -0.39 is 10.0 Å². The van der Waals surface area contributed by atoms with E-state index in [1.807, 2.05) is 37.3 Å². The third-order valence-electron chi connectivity index (χ3n) is 4.79. The molecule has 0 heterocycles. The largest absolute Gasteiger partial charge is 0.345 e. The summed E-state index contributed by atoms with van der Waals surface area (Å²) in [5.74, 6) is -0.344. The van der Waals surface area contributed by atoms with E-state index in [1.165, 1.54) is 24.3 Å². The first-order valence-electron chi connectivity index (χ1n) is 9.55. The lowest BCUT2D eigenvalue weighted by Crippen LogP contribution is -2.29. The van der Waals surface area contributed by atoms with E-state index in [0.29, 0.717) is 17.0 Å². The Balaban J connectivity index is 1.91. The lowest BCUT2D eigenvalue weighted by molar-refractivity contribution is 0.0936. The molecule has 1 atom stereocenters. The number of anilines is 1. The van der Waals surface area contributed by atoms with Gasteiger partial charge in [0.2, 0.25) is 0 Å². The topological polar surface area (TPSA) is 75.3 Å². The number of aryl methyl sites for hydroxylation is 1. The van der Waals surface area contributed by atoms with E-state index in [4.69, 9.17) is 11.6 Å². The van der Waals surface area contributed by atoms with Crippen molar-refractivity contribution in [1.29, 1.82) is 0 Å². The Hall–Kier alpha value is -2.83. The van der Waals surface area contributed by atoms with Crippen molar-refractivity contribution in [3.05, 3.63) is 94.5 Å². The lowest BCUT2D eigenvalue weighted by atomic mass is 10.0. The van der Waals surface area contributed by atoms with Gasteiger partial charge in [0.15, 0.2) is 0 Å². The normalized spacial score (nSPS) is 12.2. The Labute approximate surface area is 182 Å². The molecule has 3 aromatic carbocycles. The second-order valence-corrected chi connectivity index (χ2v) is 9.02. The van der Waals surface area contributed by atoms with E-state index in [2.05, 4.69) is 10.0 Å². The van der Waals surface area contributed by atoms with Crippen molar-refractivity contribution >= 4 is 33.2 Å². The molecule has 0 radical (unpaired) electrons. The molecule has 1 unspecified atom stereocenters. The number of halogens is 1. The quantitative estimate of drug-likeness (QED) is 0.519. The molecule has 0 aliphatic heterocycles. The fraction of sp³-hybridized carbons (Fsp3) is 0.174. The predicted octanol–water partition coefficient (Wildman–Crippen LogP) is 5.33. The van der Waals surface area contributed by atoms with Gasteiger partial charge >= 0.3 is 0 Å². The SMILES string of the molecule is CCC(NC(=O)c1cccc(C)c1NS(=O)(=O)c1ccc(Cl)cc1)c1ccccc1. The number of benzene rings is 3. The van der Waals surface area contributed by atoms with Crippen molar-refractivity contribution in [2.24, 2.45) is 0 Å². The van der Waals surface area contributed by atoms with Crippen LogP contribution in [0.2, 0.25) is 5.02 Å². The number of rotatable bonds is 7. The minimum Gasteiger partial charge on any atom is -0.345 e. The van der Waals surface area contributed by atoms with Gasteiger partial charge in [-0.3, -0.25) is 9.52 Å². The molecule has 7 heteroatoms. The highest BCUT2D eigenvalue weighted by Gasteiger charge is 2.22. The summed E-state index contributed by atoms with van der Waals surface area (Å²) in [6, 6.07) is 20.4. The van der Waals surface area contributed by atoms with Crippen LogP contribution in [-0.4, -0.2) is 14.3 Å². The zero-order valence-corrected chi connectivity index (χ0v) is 18.3. The fourth-order valence-electron chi connectivity index (χ4n) is 3.14. The van der Waals surface area contributed by atoms with Crippen LogP contribution in [-0.2, 0) is 10.0 Å². The summed E-state index contributed by atoms with van der Waals surface area (Å²) in [4.78, 5) is 13.1. The van der Waals surface area contributed by atoms with Gasteiger partial charge in [-0.25, -0.2) is 8.42 Å². The minimum absolute atomic E-state index is 0.0669. The molecule has 30 heavy (non-hydrogen) atoms. The molecule has 1 amide bonds. The molecule has 2 N–H and O–H groups in total. The molecule has 0 aliphatic rings. The Kier molecular flexibility index (Phi) is 6.80. The van der Waals surface area contributed by atoms with Crippen LogP contribution < -0.4 is 10.0 Å². The smallest absolute Gasteiger partial charge is 0.261 e. The van der Waals surface area contributed by atoms with E-state index in [1.54, 1.807) is 25.1 Å². The second-order valence-electron chi connectivity index (χ2n) is 6.90. The average molecular weight is 443 g/mol. The molecule has 0 saturated heterocycles. The Morgan fingerprint density at radius 2 is 1.63 bits per heavy atom. The van der Waals surface area contributed by atoms with Crippen LogP contribution in [0.3, 0.4) is 0 Å². The van der Waals surface area contributed by atoms with Crippen molar-refractivity contribution < 1.29 is 13.2 Å². The molecule has 3 rings (SSSR count). The van der Waals surface area contributed by atoms with Crippen molar-refractivity contribution in [3.63, 3.8) is 0 Å². The van der Waals surface area contributed by atoms with Crippen molar-refractivity contribution in [2.45, 2.75) is 31.2 Å². The Morgan fingerprint density at radius 3 is 2.27 bits per heavy atom. The van der Waals surface area contributed by atoms with E-state index in [-0.39, 0.29) is 28.1 Å². The van der Waals surface area contributed by atoms with Crippen LogP contribution in [0.4, 0.5) is 5.69 Å². The average Bonchev–Trinajstić information content (AvgIpc) is 2.74. The van der Waals surface area contributed by atoms with Gasteiger partial charge in [0.25, 0.3) is 15.9 Å². The van der Waals surface area contributed by atoms with Gasteiger partial charge in [-0.2, -0.15) is 0 Å². The number of para-hydroxylation sites is 1. The van der Waals surface area contributed by atoms with Gasteiger partial charge in [0.05, 0.1) is 22.2 Å². The summed E-state index contributed by atoms with van der Waals surface area (Å²) in [5, 5.41) is 3.45. The number of hydrogen-bond donors (Lipinski definition) is 2. The molecular formula is C23H23ClN2O3S. The zero-order valence-electron chi connectivity index (χ0n) is 16.7. The van der Waals surface area contributed by atoms with E-state index in [0.717, 1.165) is 5.56 Å². The third-order valence-corrected chi connectivity index (χ3v) is 6.41. The van der Waals surface area contributed by atoms with Crippen LogP contribution in [0, 0.1) is 6.92 Å². The van der Waals surface area contributed by atoms with E-state index >= 15 is 0 Å². The zero-order chi connectivity index (χ0) is 21.7. The van der Waals surface area contributed by atoms with Crippen molar-refractivity contribution in [1.82, 2.24) is 5.32 Å². The number of hydrogen-bond acceptors (Lipinski definition) is 3. The summed E-state index contributed by atoms with van der Waals surface area (Å²) < 4.78 is 28.3. The molecule has 5 nitrogen and oxygen atoms in total. The monoisotopic (exact) mass is 442 g/mol. The first kappa shape index (κ1) is 21.9. The summed E-state index contributed by atoms with van der Waals surface area (Å²) in [6.07, 6.45) is 0.702. The van der Waals surface area contributed by atoms with Crippen LogP contribution in [0.25, 0.3) is 0 Å². The van der Waals surface area contributed by atoms with Gasteiger partial charge in [0.1, 0.15) is 0 Å². The maximum atomic E-state index is 13.1. The standard InChI is InChI=1S/C23H23ClN2O3S/c1-3-21(17-9-5-4-6-10-17)25-23(27)20-11-7-8-16(2)22(20)26-30(28,29)19-14-12-18(24)13-15-19/h4-15,21,26H,3H2,1-2H3,(H,25,27). The van der Waals surface area contributed by atoms with Gasteiger partial charge in [-0.1, -0.05) is 61.0 Å². The Morgan fingerprint density at radius 1 is 0.967 bits per heavy atom. The number of sulfonamides is 1. The summed E-state index contributed by atoms with van der Waals surface area (Å²) >= 11 is 5.86. The summed E-state index contributed by atoms with van der Waals surface area (Å²) in [6.45, 7) is 3.74. The van der Waals surface area contributed by atoms with Crippen LogP contribution in [0.15, 0.2) is 77.7 Å². The molecule has 0 aromatic heterocycles. The maximum Gasteiger partial charge on any atom is 0.261 e. The summed E-state index contributed by atoms with van der Waals surface area (Å²) in [5.41, 5.74) is 2.16. The molecule has 0 fully saturated rings. The molecule has 0 bridgehead atoms. The summed E-state index contributed by atoms with van der Waals surface area (Å²) in [7, 11) is -3.88. The fourth-order valence-corrected chi connectivity index (χ4v) is 4.42. The number of carbonyl (C=O) groups is 1. The number of amides is 1. The molecule has 0 aliphatic carbocycles. The molecule has 3 aromatic rings. The van der Waals surface area contributed by atoms with Crippen LogP contribution >= 0.6 is 11.6 Å². The number of nitrogens with one attached hydrogen (secondary N) is 2. The highest BCUT2D eigenvalue weighted by molar-refractivity contribution is 7.92. The van der Waals surface area contributed by atoms with Crippen molar-refractivity contribution in [2.75, 3.05) is 4.72 Å². The highest BCUT2D eigenvalue weighted by Crippen LogP contribution is 2.26. The van der Waals surface area contributed by atoms with Gasteiger partial charge in [-0.15, -0.1) is 0 Å². The van der Waals surface area contributed by atoms with E-state index in [9.17, 15) is 13.2 Å². The predicted molar refractivity (Wildman–Crippen MR) is 120 cm³/mol. The lowest BCUT2D eigenvalue weighted by Gasteiger charge is -2.20. The number of carbonyl (C=O) groups excluding carboxylic acids is 1. The van der Waals surface area contributed by atoms with Crippen LogP contribution in [0.1, 0.15) is 40.9 Å². The van der Waals surface area contributed by atoms with Gasteiger partial charge < -0.3 is 5.32 Å². The minimum atomic E-state index is -3.88. The Bertz CT molecular complexity index is 1130.